The van der Waals surface area contributed by atoms with Gasteiger partial charge in [0.2, 0.25) is 0 Å². The average Bonchev–Trinajstić information content (AvgIpc) is 2.64. The first kappa shape index (κ1) is 15.7. The topological polar surface area (TPSA) is 45.6 Å². The number of benzene rings is 2. The van der Waals surface area contributed by atoms with Crippen LogP contribution in [0.2, 0.25) is 0 Å². The lowest BCUT2D eigenvalue weighted by molar-refractivity contribution is 0.170. The standard InChI is InChI=1S/C20H19FN2O2/c21-14-4-6-15(7-5-14)25-16-10-12-23(13-11-16)20-9-8-17-18(22-20)2-1-3-19(17)24/h1-9,16,24H,10-13H2. The number of aromatic hydroxyl groups is 1. The number of nitrogens with zero attached hydrogens (tertiary/aromatic N) is 2. The number of rotatable bonds is 3. The third kappa shape index (κ3) is 3.36. The first-order chi connectivity index (χ1) is 12.2. The van der Waals surface area contributed by atoms with Crippen molar-refractivity contribution >= 4 is 16.7 Å². The highest BCUT2D eigenvalue weighted by atomic mass is 19.1. The van der Waals surface area contributed by atoms with Crippen LogP contribution in [0, 0.1) is 5.82 Å². The van der Waals surface area contributed by atoms with Crippen molar-refractivity contribution in [3.05, 3.63) is 60.4 Å². The Balaban J connectivity index is 1.42. The molecule has 0 radical (unpaired) electrons. The lowest BCUT2D eigenvalue weighted by atomic mass is 10.1. The van der Waals surface area contributed by atoms with Crippen LogP contribution >= 0.6 is 0 Å². The van der Waals surface area contributed by atoms with Gasteiger partial charge in [0.25, 0.3) is 0 Å². The summed E-state index contributed by atoms with van der Waals surface area (Å²) in [5.41, 5.74) is 0.794. The average molecular weight is 338 g/mol. The van der Waals surface area contributed by atoms with Crippen molar-refractivity contribution in [2.24, 2.45) is 0 Å². The molecule has 1 aromatic heterocycles. The molecule has 0 aliphatic carbocycles. The van der Waals surface area contributed by atoms with Crippen LogP contribution < -0.4 is 9.64 Å². The van der Waals surface area contributed by atoms with Gasteiger partial charge in [-0.2, -0.15) is 0 Å². The molecule has 4 nitrogen and oxygen atoms in total. The van der Waals surface area contributed by atoms with Gasteiger partial charge in [-0.3, -0.25) is 0 Å². The summed E-state index contributed by atoms with van der Waals surface area (Å²) in [5.74, 6) is 1.62. The van der Waals surface area contributed by atoms with Crippen LogP contribution in [0.15, 0.2) is 54.6 Å². The first-order valence-electron chi connectivity index (χ1n) is 8.45. The zero-order valence-electron chi connectivity index (χ0n) is 13.7. The summed E-state index contributed by atoms with van der Waals surface area (Å²) in [5, 5.41) is 10.6. The molecule has 3 aromatic rings. The summed E-state index contributed by atoms with van der Waals surface area (Å²) < 4.78 is 18.9. The van der Waals surface area contributed by atoms with Crippen LogP contribution in [0.5, 0.6) is 11.5 Å². The van der Waals surface area contributed by atoms with Gasteiger partial charge in [0.05, 0.1) is 5.52 Å². The monoisotopic (exact) mass is 338 g/mol. The van der Waals surface area contributed by atoms with Gasteiger partial charge in [-0.25, -0.2) is 9.37 Å². The number of ether oxygens (including phenoxy) is 1. The molecule has 2 heterocycles. The van der Waals surface area contributed by atoms with E-state index in [2.05, 4.69) is 9.88 Å². The van der Waals surface area contributed by atoms with Gasteiger partial charge < -0.3 is 14.7 Å². The van der Waals surface area contributed by atoms with Crippen molar-refractivity contribution in [2.75, 3.05) is 18.0 Å². The summed E-state index contributed by atoms with van der Waals surface area (Å²) >= 11 is 0. The Morgan fingerprint density at radius 2 is 1.76 bits per heavy atom. The molecule has 1 aliphatic rings. The van der Waals surface area contributed by atoms with Gasteiger partial charge >= 0.3 is 0 Å². The normalized spacial score (nSPS) is 15.5. The van der Waals surface area contributed by atoms with Crippen molar-refractivity contribution in [3.63, 3.8) is 0 Å². The van der Waals surface area contributed by atoms with Crippen molar-refractivity contribution in [3.8, 4) is 11.5 Å². The van der Waals surface area contributed by atoms with Crippen molar-refractivity contribution < 1.29 is 14.2 Å². The van der Waals surface area contributed by atoms with E-state index in [0.29, 0.717) is 5.75 Å². The molecule has 0 bridgehead atoms. The number of phenols is 1. The fraction of sp³-hybridized carbons (Fsp3) is 0.250. The predicted octanol–water partition coefficient (Wildman–Crippen LogP) is 4.13. The van der Waals surface area contributed by atoms with Gasteiger partial charge in [-0.05, 0) is 48.5 Å². The maximum absolute atomic E-state index is 13.0. The van der Waals surface area contributed by atoms with Crippen molar-refractivity contribution in [1.29, 1.82) is 0 Å². The fourth-order valence-electron chi connectivity index (χ4n) is 3.21. The minimum absolute atomic E-state index is 0.131. The zero-order chi connectivity index (χ0) is 17.2. The van der Waals surface area contributed by atoms with E-state index in [4.69, 9.17) is 4.74 Å². The second kappa shape index (κ2) is 6.59. The Bertz CT molecular complexity index is 875. The zero-order valence-corrected chi connectivity index (χ0v) is 13.7. The number of phenolic OH excluding ortho intramolecular Hbond substituents is 1. The number of pyridine rings is 1. The van der Waals surface area contributed by atoms with E-state index in [1.165, 1.54) is 12.1 Å². The molecular weight excluding hydrogens is 319 g/mol. The van der Waals surface area contributed by atoms with E-state index in [0.717, 1.165) is 42.7 Å². The van der Waals surface area contributed by atoms with Crippen LogP contribution in [-0.4, -0.2) is 29.3 Å². The van der Waals surface area contributed by atoms with Crippen LogP contribution in [0.25, 0.3) is 10.9 Å². The van der Waals surface area contributed by atoms with E-state index in [1.54, 1.807) is 24.3 Å². The Morgan fingerprint density at radius 1 is 1.00 bits per heavy atom. The number of hydrogen-bond acceptors (Lipinski definition) is 4. The molecule has 0 unspecified atom stereocenters. The summed E-state index contributed by atoms with van der Waals surface area (Å²) in [4.78, 5) is 6.89. The summed E-state index contributed by atoms with van der Waals surface area (Å²) in [7, 11) is 0. The maximum Gasteiger partial charge on any atom is 0.129 e. The largest absolute Gasteiger partial charge is 0.507 e. The first-order valence-corrected chi connectivity index (χ1v) is 8.45. The van der Waals surface area contributed by atoms with Gasteiger partial charge in [0.1, 0.15) is 29.2 Å². The predicted molar refractivity (Wildman–Crippen MR) is 95.7 cm³/mol. The van der Waals surface area contributed by atoms with Gasteiger partial charge in [-0.1, -0.05) is 6.07 Å². The summed E-state index contributed by atoms with van der Waals surface area (Å²) in [6.45, 7) is 1.70. The molecule has 128 valence electrons. The lowest BCUT2D eigenvalue weighted by Gasteiger charge is -2.33. The molecule has 4 rings (SSSR count). The molecule has 0 atom stereocenters. The highest BCUT2D eigenvalue weighted by Crippen LogP contribution is 2.27. The highest BCUT2D eigenvalue weighted by molar-refractivity contribution is 5.86. The fourth-order valence-corrected chi connectivity index (χ4v) is 3.21. The smallest absolute Gasteiger partial charge is 0.129 e. The third-order valence-electron chi connectivity index (χ3n) is 4.58. The molecule has 0 saturated carbocycles. The molecule has 0 spiro atoms. The number of halogens is 1. The van der Waals surface area contributed by atoms with Gasteiger partial charge in [-0.15, -0.1) is 0 Å². The lowest BCUT2D eigenvalue weighted by Crippen LogP contribution is -2.38. The minimum atomic E-state index is -0.254. The molecule has 1 N–H and O–H groups in total. The van der Waals surface area contributed by atoms with Gasteiger partial charge in [0, 0.05) is 31.3 Å². The van der Waals surface area contributed by atoms with E-state index in [-0.39, 0.29) is 17.7 Å². The summed E-state index contributed by atoms with van der Waals surface area (Å²) in [6.07, 6.45) is 1.90. The van der Waals surface area contributed by atoms with E-state index < -0.39 is 0 Å². The second-order valence-electron chi connectivity index (χ2n) is 6.27. The Morgan fingerprint density at radius 3 is 2.52 bits per heavy atom. The molecule has 0 amide bonds. The molecular formula is C20H19FN2O2. The maximum atomic E-state index is 13.0. The molecule has 1 saturated heterocycles. The number of hydrogen-bond donors (Lipinski definition) is 1. The third-order valence-corrected chi connectivity index (χ3v) is 4.58. The minimum Gasteiger partial charge on any atom is -0.507 e. The number of piperidine rings is 1. The number of anilines is 1. The quantitative estimate of drug-likeness (QED) is 0.780. The van der Waals surface area contributed by atoms with Crippen molar-refractivity contribution in [1.82, 2.24) is 4.98 Å². The van der Waals surface area contributed by atoms with Crippen LogP contribution in [0.4, 0.5) is 10.2 Å². The Hall–Kier alpha value is -2.82. The van der Waals surface area contributed by atoms with Crippen LogP contribution in [0.3, 0.4) is 0 Å². The highest BCUT2D eigenvalue weighted by Gasteiger charge is 2.21. The second-order valence-corrected chi connectivity index (χ2v) is 6.27. The van der Waals surface area contributed by atoms with Crippen LogP contribution in [-0.2, 0) is 0 Å². The molecule has 1 aliphatic heterocycles. The molecule has 2 aromatic carbocycles. The van der Waals surface area contributed by atoms with E-state index >= 15 is 0 Å². The summed E-state index contributed by atoms with van der Waals surface area (Å²) in [6, 6.07) is 15.4. The molecule has 25 heavy (non-hydrogen) atoms. The van der Waals surface area contributed by atoms with E-state index in [9.17, 15) is 9.50 Å². The van der Waals surface area contributed by atoms with Gasteiger partial charge in [0.15, 0.2) is 0 Å². The molecule has 1 fully saturated rings. The van der Waals surface area contributed by atoms with Crippen molar-refractivity contribution in [2.45, 2.75) is 18.9 Å². The van der Waals surface area contributed by atoms with Crippen LogP contribution in [0.1, 0.15) is 12.8 Å². The molecule has 5 heteroatoms. The number of fused-ring (bicyclic) bond motifs is 1. The SMILES string of the molecule is Oc1cccc2nc(N3CCC(Oc4ccc(F)cc4)CC3)ccc12. The Labute approximate surface area is 145 Å². The Kier molecular flexibility index (Phi) is 4.14. The van der Waals surface area contributed by atoms with E-state index in [1.807, 2.05) is 18.2 Å². The number of aromatic nitrogens is 1.